The smallest absolute Gasteiger partial charge is 0.450 e. The van der Waals surface area contributed by atoms with Gasteiger partial charge in [0.2, 0.25) is 0 Å². The predicted molar refractivity (Wildman–Crippen MR) is 133 cm³/mol. The minimum atomic E-state index is -7.41. The molecule has 1 aromatic rings. The van der Waals surface area contributed by atoms with Crippen molar-refractivity contribution in [3.05, 3.63) is 29.8 Å². The van der Waals surface area contributed by atoms with E-state index >= 15 is 0 Å². The number of rotatable bonds is 13. The summed E-state index contributed by atoms with van der Waals surface area (Å²) in [4.78, 5) is 25.0. The van der Waals surface area contributed by atoms with Gasteiger partial charge in [-0.05, 0) is 69.1 Å². The number of ether oxygens (including phenoxy) is 2. The van der Waals surface area contributed by atoms with Crippen molar-refractivity contribution in [1.29, 1.82) is 0 Å². The fourth-order valence-corrected chi connectivity index (χ4v) is 6.27. The Hall–Kier alpha value is -2.60. The zero-order valence-electron chi connectivity index (χ0n) is 23.0. The Morgan fingerprint density at radius 3 is 1.98 bits per heavy atom. The van der Waals surface area contributed by atoms with Crippen LogP contribution in [-0.4, -0.2) is 62.5 Å². The lowest BCUT2D eigenvalue weighted by molar-refractivity contribution is -0.247. The van der Waals surface area contributed by atoms with Crippen LogP contribution in [0.3, 0.4) is 0 Å². The lowest BCUT2D eigenvalue weighted by Gasteiger charge is -2.32. The van der Waals surface area contributed by atoms with Crippen molar-refractivity contribution < 1.29 is 71.0 Å². The molecule has 4 atom stereocenters. The summed E-state index contributed by atoms with van der Waals surface area (Å²) in [6.45, 7) is 5.33. The highest BCUT2D eigenvalue weighted by molar-refractivity contribution is 7.88. The van der Waals surface area contributed by atoms with Gasteiger partial charge in [0.25, 0.3) is 0 Å². The SMILES string of the molecule is CCC(C)(C)C(=O)OC1CC2CC1CC2C(=O)OCCc1ccc(OS(=O)(=O)C(F)(F)C(F)(F)C(F)(F)S(=O)(=O)[O-])cc1. The van der Waals surface area contributed by atoms with Crippen molar-refractivity contribution in [3.63, 3.8) is 0 Å². The van der Waals surface area contributed by atoms with E-state index in [2.05, 4.69) is 4.18 Å². The summed E-state index contributed by atoms with van der Waals surface area (Å²) < 4.78 is 151. The van der Waals surface area contributed by atoms with Crippen molar-refractivity contribution in [2.45, 2.75) is 75.4 Å². The Morgan fingerprint density at radius 2 is 1.49 bits per heavy atom. The number of benzene rings is 1. The molecular weight excluding hydrogens is 638 g/mol. The first-order valence-corrected chi connectivity index (χ1v) is 15.8. The molecular formula is C25H29F6O10S2-. The van der Waals surface area contributed by atoms with E-state index in [0.29, 0.717) is 43.4 Å². The molecule has 10 nitrogen and oxygen atoms in total. The summed E-state index contributed by atoms with van der Waals surface area (Å²) in [5, 5.41) is -13.8. The quantitative estimate of drug-likeness (QED) is 0.129. The summed E-state index contributed by atoms with van der Waals surface area (Å²) in [6.07, 6.45) is 2.14. The van der Waals surface area contributed by atoms with Gasteiger partial charge in [0, 0.05) is 6.42 Å². The van der Waals surface area contributed by atoms with Gasteiger partial charge in [0.05, 0.1) is 17.9 Å². The van der Waals surface area contributed by atoms with Crippen LogP contribution in [0.15, 0.2) is 24.3 Å². The normalized spacial score (nSPS) is 23.2. The molecule has 0 radical (unpaired) electrons. The van der Waals surface area contributed by atoms with Crippen LogP contribution >= 0.6 is 0 Å². The zero-order chi connectivity index (χ0) is 32.8. The summed E-state index contributed by atoms with van der Waals surface area (Å²) in [7, 11) is -14.4. The molecule has 4 unspecified atom stereocenters. The van der Waals surface area contributed by atoms with Gasteiger partial charge in [-0.2, -0.15) is 34.8 Å². The van der Waals surface area contributed by atoms with Crippen LogP contribution in [0.4, 0.5) is 26.3 Å². The van der Waals surface area contributed by atoms with Gasteiger partial charge in [0.1, 0.15) is 11.9 Å². The van der Waals surface area contributed by atoms with E-state index in [-0.39, 0.29) is 42.9 Å². The number of hydrogen-bond acceptors (Lipinski definition) is 10. The van der Waals surface area contributed by atoms with Gasteiger partial charge >= 0.3 is 38.5 Å². The maximum absolute atomic E-state index is 13.9. The molecule has 244 valence electrons. The van der Waals surface area contributed by atoms with E-state index in [0.717, 1.165) is 12.1 Å². The molecule has 2 bridgehead atoms. The van der Waals surface area contributed by atoms with Gasteiger partial charge in [-0.1, -0.05) is 19.1 Å². The molecule has 2 aliphatic carbocycles. The molecule has 18 heteroatoms. The van der Waals surface area contributed by atoms with Gasteiger partial charge in [-0.15, -0.1) is 0 Å². The number of hydrogen-bond donors (Lipinski definition) is 0. The van der Waals surface area contributed by atoms with Gasteiger partial charge < -0.3 is 18.2 Å². The third-order valence-electron chi connectivity index (χ3n) is 7.91. The first-order chi connectivity index (χ1) is 19.5. The highest BCUT2D eigenvalue weighted by Gasteiger charge is 2.81. The Kier molecular flexibility index (Phi) is 9.51. The summed E-state index contributed by atoms with van der Waals surface area (Å²) in [5.74, 6) is -9.32. The van der Waals surface area contributed by atoms with Crippen LogP contribution in [0.1, 0.15) is 52.0 Å². The van der Waals surface area contributed by atoms with Crippen LogP contribution in [0.2, 0.25) is 0 Å². The summed E-state index contributed by atoms with van der Waals surface area (Å²) >= 11 is 0. The van der Waals surface area contributed by atoms with Crippen LogP contribution in [0.25, 0.3) is 0 Å². The minimum Gasteiger partial charge on any atom is -0.743 e. The topological polar surface area (TPSA) is 153 Å². The minimum absolute atomic E-state index is 0.0161. The predicted octanol–water partition coefficient (Wildman–Crippen LogP) is 4.24. The van der Waals surface area contributed by atoms with Gasteiger partial charge in [-0.3, -0.25) is 9.59 Å². The molecule has 2 aliphatic rings. The lowest BCUT2D eigenvalue weighted by atomic mass is 9.86. The summed E-state index contributed by atoms with van der Waals surface area (Å²) in [5.41, 5.74) is -0.267. The number of carbonyl (C=O) groups is 2. The van der Waals surface area contributed by atoms with Crippen molar-refractivity contribution in [1.82, 2.24) is 0 Å². The second-order valence-electron chi connectivity index (χ2n) is 11.2. The standard InChI is InChI=1S/C25H30F6O10S2/c1-4-22(2,3)21(33)40-19-13-15-11-16(19)12-18(15)20(32)39-10-9-14-5-7-17(8-6-14)41-43(37,38)25(30,31)23(26,27)24(28,29)42(34,35)36/h5-8,15-16,18-19H,4,9-13H2,1-3H3,(H,34,35,36)/p-1. The first kappa shape index (κ1) is 34.9. The monoisotopic (exact) mass is 667 g/mol. The molecule has 0 heterocycles. The molecule has 3 rings (SSSR count). The van der Waals surface area contributed by atoms with E-state index in [1.54, 1.807) is 13.8 Å². The van der Waals surface area contributed by atoms with Crippen LogP contribution in [0.5, 0.6) is 5.75 Å². The average Bonchev–Trinajstić information content (AvgIpc) is 3.49. The third kappa shape index (κ3) is 6.60. The van der Waals surface area contributed by atoms with Crippen molar-refractivity contribution in [3.8, 4) is 5.75 Å². The van der Waals surface area contributed by atoms with E-state index in [1.165, 1.54) is 0 Å². The Bertz CT molecular complexity index is 1430. The van der Waals surface area contributed by atoms with Crippen LogP contribution in [-0.2, 0) is 45.7 Å². The van der Waals surface area contributed by atoms with E-state index in [9.17, 15) is 57.3 Å². The fourth-order valence-electron chi connectivity index (χ4n) is 4.85. The molecule has 2 saturated carbocycles. The molecule has 1 aromatic carbocycles. The van der Waals surface area contributed by atoms with E-state index in [1.807, 2.05) is 6.92 Å². The number of fused-ring (bicyclic) bond motifs is 2. The third-order valence-corrected chi connectivity index (χ3v) is 10.1. The molecule has 0 spiro atoms. The number of esters is 2. The fraction of sp³-hybridized carbons (Fsp3) is 0.680. The van der Waals surface area contributed by atoms with Crippen molar-refractivity contribution >= 4 is 32.2 Å². The van der Waals surface area contributed by atoms with E-state index in [4.69, 9.17) is 9.47 Å². The molecule has 0 aromatic heterocycles. The Morgan fingerprint density at radius 1 is 0.907 bits per heavy atom. The van der Waals surface area contributed by atoms with Crippen molar-refractivity contribution in [2.24, 2.45) is 23.2 Å². The maximum Gasteiger partial charge on any atom is 0.450 e. The van der Waals surface area contributed by atoms with Crippen LogP contribution in [0, 0.1) is 23.2 Å². The van der Waals surface area contributed by atoms with Gasteiger partial charge in [-0.25, -0.2) is 8.42 Å². The molecule has 2 fully saturated rings. The highest BCUT2D eigenvalue weighted by atomic mass is 32.2. The summed E-state index contributed by atoms with van der Waals surface area (Å²) in [6, 6.07) is 3.59. The molecule has 0 N–H and O–H groups in total. The largest absolute Gasteiger partial charge is 0.743 e. The van der Waals surface area contributed by atoms with Crippen molar-refractivity contribution in [2.75, 3.05) is 6.61 Å². The molecule has 0 saturated heterocycles. The Labute approximate surface area is 243 Å². The molecule has 0 amide bonds. The highest BCUT2D eigenvalue weighted by Crippen LogP contribution is 2.52. The molecule has 0 aliphatic heterocycles. The average molecular weight is 668 g/mol. The van der Waals surface area contributed by atoms with E-state index < -0.39 is 53.8 Å². The van der Waals surface area contributed by atoms with Crippen LogP contribution < -0.4 is 4.18 Å². The molecule has 43 heavy (non-hydrogen) atoms. The Balaban J connectivity index is 1.53. The maximum atomic E-state index is 13.9. The lowest BCUT2D eigenvalue weighted by Crippen LogP contribution is -2.61. The second-order valence-corrected chi connectivity index (χ2v) is 14.2. The number of halogens is 6. The number of carbonyl (C=O) groups excluding carboxylic acids is 2. The zero-order valence-corrected chi connectivity index (χ0v) is 24.7. The van der Waals surface area contributed by atoms with Gasteiger partial charge in [0.15, 0.2) is 10.1 Å². The second kappa shape index (κ2) is 11.7. The number of alkyl halides is 6. The first-order valence-electron chi connectivity index (χ1n) is 13.0.